The van der Waals surface area contributed by atoms with Crippen LogP contribution in [0, 0.1) is 6.92 Å². The van der Waals surface area contributed by atoms with Crippen molar-refractivity contribution in [3.63, 3.8) is 0 Å². The summed E-state index contributed by atoms with van der Waals surface area (Å²) in [6.07, 6.45) is 3.78. The zero-order chi connectivity index (χ0) is 17.1. The number of benzene rings is 3. The summed E-state index contributed by atoms with van der Waals surface area (Å²) in [7, 11) is 0. The molecule has 1 aromatic heterocycles. The molecule has 2 heteroatoms. The molecule has 0 atom stereocenters. The van der Waals surface area contributed by atoms with Gasteiger partial charge in [-0.05, 0) is 52.9 Å². The summed E-state index contributed by atoms with van der Waals surface area (Å²) >= 11 is 0. The first kappa shape index (κ1) is 15.3. The standard InChI is InChI=1S/C23H18N2/c1-17-24-15-23(16-25-17)22-13-20(18-8-4-2-5-9-18)12-21(14-22)19-10-6-3-7-11-19/h2-16H,1H3. The minimum Gasteiger partial charge on any atom is -0.241 e. The molecule has 0 saturated heterocycles. The normalized spacial score (nSPS) is 10.6. The Morgan fingerprint density at radius 3 is 1.32 bits per heavy atom. The predicted molar refractivity (Wildman–Crippen MR) is 103 cm³/mol. The lowest BCUT2D eigenvalue weighted by molar-refractivity contribution is 1.06. The largest absolute Gasteiger partial charge is 0.241 e. The molecule has 0 saturated carbocycles. The van der Waals surface area contributed by atoms with Crippen LogP contribution < -0.4 is 0 Å². The molecule has 0 amide bonds. The fraction of sp³-hybridized carbons (Fsp3) is 0.0435. The monoisotopic (exact) mass is 322 g/mol. The van der Waals surface area contributed by atoms with Gasteiger partial charge in [-0.3, -0.25) is 0 Å². The fourth-order valence-corrected chi connectivity index (χ4v) is 2.93. The summed E-state index contributed by atoms with van der Waals surface area (Å²) in [6.45, 7) is 1.90. The lowest BCUT2D eigenvalue weighted by atomic mass is 9.94. The van der Waals surface area contributed by atoms with Crippen molar-refractivity contribution in [2.24, 2.45) is 0 Å². The van der Waals surface area contributed by atoms with Crippen molar-refractivity contribution in [1.82, 2.24) is 9.97 Å². The third-order valence-electron chi connectivity index (χ3n) is 4.26. The van der Waals surface area contributed by atoms with Gasteiger partial charge in [-0.1, -0.05) is 60.7 Å². The van der Waals surface area contributed by atoms with E-state index in [1.165, 1.54) is 22.3 Å². The summed E-state index contributed by atoms with van der Waals surface area (Å²) in [6, 6.07) is 27.6. The van der Waals surface area contributed by atoms with Crippen LogP contribution in [0.3, 0.4) is 0 Å². The Morgan fingerprint density at radius 2 is 0.880 bits per heavy atom. The van der Waals surface area contributed by atoms with Crippen LogP contribution in [-0.4, -0.2) is 9.97 Å². The van der Waals surface area contributed by atoms with Crippen LogP contribution in [0.1, 0.15) is 5.82 Å². The molecule has 0 N–H and O–H groups in total. The van der Waals surface area contributed by atoms with E-state index in [2.05, 4.69) is 76.7 Å². The van der Waals surface area contributed by atoms with Gasteiger partial charge >= 0.3 is 0 Å². The Bertz CT molecular complexity index is 918. The highest BCUT2D eigenvalue weighted by Crippen LogP contribution is 2.32. The van der Waals surface area contributed by atoms with Gasteiger partial charge in [0, 0.05) is 18.0 Å². The van der Waals surface area contributed by atoms with E-state index in [1.807, 2.05) is 31.5 Å². The Balaban J connectivity index is 1.90. The smallest absolute Gasteiger partial charge is 0.125 e. The second kappa shape index (κ2) is 6.70. The second-order valence-electron chi connectivity index (χ2n) is 6.05. The maximum absolute atomic E-state index is 4.35. The molecular formula is C23H18N2. The van der Waals surface area contributed by atoms with Crippen LogP contribution in [0.5, 0.6) is 0 Å². The van der Waals surface area contributed by atoms with E-state index in [-0.39, 0.29) is 0 Å². The summed E-state index contributed by atoms with van der Waals surface area (Å²) < 4.78 is 0. The van der Waals surface area contributed by atoms with Crippen molar-refractivity contribution in [2.45, 2.75) is 6.92 Å². The van der Waals surface area contributed by atoms with Gasteiger partial charge in [0.05, 0.1) is 0 Å². The molecule has 0 spiro atoms. The van der Waals surface area contributed by atoms with E-state index in [1.54, 1.807) is 0 Å². The van der Waals surface area contributed by atoms with Crippen LogP contribution in [0.2, 0.25) is 0 Å². The van der Waals surface area contributed by atoms with E-state index < -0.39 is 0 Å². The van der Waals surface area contributed by atoms with E-state index in [9.17, 15) is 0 Å². The Morgan fingerprint density at radius 1 is 0.480 bits per heavy atom. The van der Waals surface area contributed by atoms with Crippen molar-refractivity contribution in [3.05, 3.63) is 97.1 Å². The molecule has 0 aliphatic carbocycles. The number of rotatable bonds is 3. The molecule has 120 valence electrons. The Labute approximate surface area is 147 Å². The van der Waals surface area contributed by atoms with E-state index in [0.717, 1.165) is 17.0 Å². The van der Waals surface area contributed by atoms with Crippen LogP contribution in [0.25, 0.3) is 33.4 Å². The fourth-order valence-electron chi connectivity index (χ4n) is 2.93. The van der Waals surface area contributed by atoms with E-state index in [0.29, 0.717) is 0 Å². The molecule has 0 fully saturated rings. The zero-order valence-corrected chi connectivity index (χ0v) is 14.1. The topological polar surface area (TPSA) is 25.8 Å². The molecular weight excluding hydrogens is 304 g/mol. The van der Waals surface area contributed by atoms with Crippen LogP contribution >= 0.6 is 0 Å². The number of hydrogen-bond donors (Lipinski definition) is 0. The van der Waals surface area contributed by atoms with Crippen molar-refractivity contribution < 1.29 is 0 Å². The number of nitrogens with zero attached hydrogens (tertiary/aromatic N) is 2. The highest BCUT2D eigenvalue weighted by Gasteiger charge is 2.07. The van der Waals surface area contributed by atoms with E-state index >= 15 is 0 Å². The highest BCUT2D eigenvalue weighted by atomic mass is 14.8. The summed E-state index contributed by atoms with van der Waals surface area (Å²) in [4.78, 5) is 8.70. The summed E-state index contributed by atoms with van der Waals surface area (Å²) in [5, 5.41) is 0. The first-order valence-corrected chi connectivity index (χ1v) is 8.34. The summed E-state index contributed by atoms with van der Waals surface area (Å²) in [5.41, 5.74) is 6.94. The molecule has 0 radical (unpaired) electrons. The molecule has 0 aliphatic rings. The number of aromatic nitrogens is 2. The molecule has 4 aromatic rings. The lowest BCUT2D eigenvalue weighted by Gasteiger charge is -2.11. The first-order valence-electron chi connectivity index (χ1n) is 8.34. The Kier molecular flexibility index (Phi) is 4.09. The van der Waals surface area contributed by atoms with Crippen LogP contribution in [0.4, 0.5) is 0 Å². The Hall–Kier alpha value is -3.26. The quantitative estimate of drug-likeness (QED) is 0.477. The maximum atomic E-state index is 4.35. The van der Waals surface area contributed by atoms with Gasteiger partial charge in [0.2, 0.25) is 0 Å². The van der Waals surface area contributed by atoms with Gasteiger partial charge in [-0.2, -0.15) is 0 Å². The van der Waals surface area contributed by atoms with E-state index in [4.69, 9.17) is 0 Å². The zero-order valence-electron chi connectivity index (χ0n) is 14.1. The van der Waals surface area contributed by atoms with Crippen molar-refractivity contribution in [3.8, 4) is 33.4 Å². The molecule has 0 unspecified atom stereocenters. The minimum absolute atomic E-state index is 0.784. The molecule has 0 bridgehead atoms. The SMILES string of the molecule is Cc1ncc(-c2cc(-c3ccccc3)cc(-c3ccccc3)c2)cn1. The van der Waals surface area contributed by atoms with Gasteiger partial charge < -0.3 is 0 Å². The second-order valence-corrected chi connectivity index (χ2v) is 6.05. The molecule has 0 aliphatic heterocycles. The third-order valence-corrected chi connectivity index (χ3v) is 4.26. The molecule has 1 heterocycles. The van der Waals surface area contributed by atoms with Crippen LogP contribution in [0.15, 0.2) is 91.3 Å². The maximum Gasteiger partial charge on any atom is 0.125 e. The lowest BCUT2D eigenvalue weighted by Crippen LogP contribution is -1.90. The van der Waals surface area contributed by atoms with Gasteiger partial charge in [0.1, 0.15) is 5.82 Å². The highest BCUT2D eigenvalue weighted by molar-refractivity contribution is 5.80. The van der Waals surface area contributed by atoms with Gasteiger partial charge in [-0.15, -0.1) is 0 Å². The minimum atomic E-state index is 0.784. The van der Waals surface area contributed by atoms with Crippen LogP contribution in [-0.2, 0) is 0 Å². The molecule has 25 heavy (non-hydrogen) atoms. The van der Waals surface area contributed by atoms with Crippen molar-refractivity contribution >= 4 is 0 Å². The molecule has 4 rings (SSSR count). The van der Waals surface area contributed by atoms with Gasteiger partial charge in [-0.25, -0.2) is 9.97 Å². The van der Waals surface area contributed by atoms with Crippen molar-refractivity contribution in [1.29, 1.82) is 0 Å². The molecule has 2 nitrogen and oxygen atoms in total. The molecule has 3 aromatic carbocycles. The predicted octanol–water partition coefficient (Wildman–Crippen LogP) is 5.79. The average Bonchev–Trinajstić information content (AvgIpc) is 2.69. The van der Waals surface area contributed by atoms with Gasteiger partial charge in [0.15, 0.2) is 0 Å². The first-order chi connectivity index (χ1) is 12.3. The third kappa shape index (κ3) is 3.33. The van der Waals surface area contributed by atoms with Gasteiger partial charge in [0.25, 0.3) is 0 Å². The number of aryl methyl sites for hydroxylation is 1. The number of hydrogen-bond acceptors (Lipinski definition) is 2. The summed E-state index contributed by atoms with van der Waals surface area (Å²) in [5.74, 6) is 0.784. The van der Waals surface area contributed by atoms with Crippen molar-refractivity contribution in [2.75, 3.05) is 0 Å². The average molecular weight is 322 g/mol.